The Kier molecular flexibility index (Phi) is 6.77. The third-order valence-corrected chi connectivity index (χ3v) is 11.3. The molecule has 0 saturated heterocycles. The summed E-state index contributed by atoms with van der Waals surface area (Å²) in [5.74, 6) is 0. The Bertz CT molecular complexity index is 2980. The first kappa shape index (κ1) is 30.5. The first-order valence-electron chi connectivity index (χ1n) is 18.5. The monoisotopic (exact) mass is 687 g/mol. The smallest absolute Gasteiger partial charge is 0.137 e. The summed E-state index contributed by atoms with van der Waals surface area (Å²) in [7, 11) is 0. The van der Waals surface area contributed by atoms with Gasteiger partial charge in [-0.05, 0) is 69.1 Å². The summed E-state index contributed by atoms with van der Waals surface area (Å²) in [6, 6.07) is 69.9. The molecule has 0 radical (unpaired) electrons. The predicted octanol–water partition coefficient (Wildman–Crippen LogP) is 12.4. The lowest BCUT2D eigenvalue weighted by Crippen LogP contribution is -2.28. The molecule has 3 heterocycles. The highest BCUT2D eigenvalue weighted by molar-refractivity contribution is 6.13. The van der Waals surface area contributed by atoms with Gasteiger partial charge in [-0.1, -0.05) is 164 Å². The van der Waals surface area contributed by atoms with Crippen LogP contribution in [0.5, 0.6) is 0 Å². The normalized spacial score (nSPS) is 13.0. The van der Waals surface area contributed by atoms with Crippen LogP contribution in [-0.2, 0) is 5.41 Å². The lowest BCUT2D eigenvalue weighted by molar-refractivity contribution is 0.769. The van der Waals surface area contributed by atoms with E-state index in [9.17, 15) is 0 Å². The van der Waals surface area contributed by atoms with E-state index in [1.165, 1.54) is 38.8 Å². The highest BCUT2D eigenvalue weighted by atomic mass is 15.0. The number of hydrogen-bond acceptors (Lipinski definition) is 2. The number of para-hydroxylation sites is 1. The Morgan fingerprint density at radius 2 is 1.00 bits per heavy atom. The van der Waals surface area contributed by atoms with Crippen molar-refractivity contribution in [2.24, 2.45) is 0 Å². The van der Waals surface area contributed by atoms with Crippen molar-refractivity contribution in [2.75, 3.05) is 0 Å². The van der Waals surface area contributed by atoms with Crippen LogP contribution in [0.4, 0.5) is 0 Å². The highest BCUT2D eigenvalue weighted by Crippen LogP contribution is 2.57. The van der Waals surface area contributed by atoms with Crippen LogP contribution in [0, 0.1) is 0 Å². The fourth-order valence-corrected chi connectivity index (χ4v) is 8.96. The molecule has 3 aromatic heterocycles. The van der Waals surface area contributed by atoms with E-state index in [1.54, 1.807) is 0 Å². The van der Waals surface area contributed by atoms with Crippen LogP contribution in [-0.4, -0.2) is 14.4 Å². The van der Waals surface area contributed by atoms with Gasteiger partial charge in [0.15, 0.2) is 0 Å². The molecule has 0 N–H and O–H groups in total. The first-order valence-corrected chi connectivity index (χ1v) is 18.5. The molecule has 54 heavy (non-hydrogen) atoms. The topological polar surface area (TPSA) is 30.2 Å². The van der Waals surface area contributed by atoms with Crippen molar-refractivity contribution >= 4 is 27.3 Å². The van der Waals surface area contributed by atoms with E-state index in [0.29, 0.717) is 0 Å². The number of benzene rings is 7. The number of nitrogens with zero attached hydrogens (tertiary/aromatic N) is 3. The molecule has 1 aliphatic carbocycles. The summed E-state index contributed by atoms with van der Waals surface area (Å²) in [4.78, 5) is 10.5. The number of rotatable bonds is 5. The average Bonchev–Trinajstić information content (AvgIpc) is 3.78. The molecule has 0 aliphatic heterocycles. The summed E-state index contributed by atoms with van der Waals surface area (Å²) < 4.78 is 2.19. The minimum Gasteiger partial charge on any atom is -0.299 e. The summed E-state index contributed by atoms with van der Waals surface area (Å²) in [6.07, 6.45) is 2.10. The van der Waals surface area contributed by atoms with E-state index in [0.717, 1.165) is 55.7 Å². The molecule has 0 unspecified atom stereocenters. The van der Waals surface area contributed by atoms with Gasteiger partial charge in [0, 0.05) is 33.7 Å². The predicted molar refractivity (Wildman–Crippen MR) is 222 cm³/mol. The number of imidazole rings is 1. The molecule has 1 aliphatic rings. The van der Waals surface area contributed by atoms with Crippen LogP contribution in [0.2, 0.25) is 0 Å². The van der Waals surface area contributed by atoms with Crippen LogP contribution in [0.15, 0.2) is 200 Å². The number of hydrogen-bond donors (Lipinski definition) is 0. The van der Waals surface area contributed by atoms with E-state index < -0.39 is 5.41 Å². The van der Waals surface area contributed by atoms with E-state index in [4.69, 9.17) is 9.97 Å². The van der Waals surface area contributed by atoms with Crippen molar-refractivity contribution < 1.29 is 0 Å². The summed E-state index contributed by atoms with van der Waals surface area (Å²) >= 11 is 0. The van der Waals surface area contributed by atoms with Gasteiger partial charge in [0.2, 0.25) is 0 Å². The van der Waals surface area contributed by atoms with Gasteiger partial charge in [-0.25, -0.2) is 9.97 Å². The molecule has 7 aromatic carbocycles. The molecule has 0 saturated carbocycles. The van der Waals surface area contributed by atoms with Gasteiger partial charge in [-0.2, -0.15) is 0 Å². The quantitative estimate of drug-likeness (QED) is 0.169. The lowest BCUT2D eigenvalue weighted by atomic mass is 9.67. The second-order valence-corrected chi connectivity index (χ2v) is 14.1. The third kappa shape index (κ3) is 4.42. The van der Waals surface area contributed by atoms with E-state index in [1.807, 2.05) is 12.1 Å². The van der Waals surface area contributed by atoms with Crippen molar-refractivity contribution in [3.63, 3.8) is 0 Å². The summed E-state index contributed by atoms with van der Waals surface area (Å²) in [5, 5.41) is 3.51. The summed E-state index contributed by atoms with van der Waals surface area (Å²) in [5.41, 5.74) is 15.3. The molecule has 0 fully saturated rings. The van der Waals surface area contributed by atoms with Gasteiger partial charge in [0.05, 0.1) is 28.0 Å². The van der Waals surface area contributed by atoms with Crippen molar-refractivity contribution in [1.29, 1.82) is 0 Å². The molecule has 0 bridgehead atoms. The van der Waals surface area contributed by atoms with Crippen molar-refractivity contribution in [1.82, 2.24) is 14.4 Å². The van der Waals surface area contributed by atoms with Crippen LogP contribution < -0.4 is 0 Å². The molecule has 3 nitrogen and oxygen atoms in total. The van der Waals surface area contributed by atoms with Crippen molar-refractivity contribution in [3.8, 4) is 44.9 Å². The van der Waals surface area contributed by atoms with Gasteiger partial charge in [-0.3, -0.25) is 4.40 Å². The van der Waals surface area contributed by atoms with E-state index >= 15 is 0 Å². The molecule has 3 heteroatoms. The Labute approximate surface area is 313 Å². The zero-order chi connectivity index (χ0) is 35.6. The fourth-order valence-electron chi connectivity index (χ4n) is 8.96. The largest absolute Gasteiger partial charge is 0.299 e. The van der Waals surface area contributed by atoms with Crippen molar-refractivity contribution in [2.45, 2.75) is 5.41 Å². The first-order chi connectivity index (χ1) is 26.8. The summed E-state index contributed by atoms with van der Waals surface area (Å²) in [6.45, 7) is 0. The zero-order valence-corrected chi connectivity index (χ0v) is 29.4. The highest BCUT2D eigenvalue weighted by Gasteiger charge is 2.46. The maximum Gasteiger partial charge on any atom is 0.137 e. The number of aromatic nitrogens is 3. The lowest BCUT2D eigenvalue weighted by Gasteiger charge is -2.34. The van der Waals surface area contributed by atoms with Gasteiger partial charge in [0.1, 0.15) is 5.65 Å². The molecule has 0 spiro atoms. The number of fused-ring (bicyclic) bond motifs is 7. The van der Waals surface area contributed by atoms with Crippen molar-refractivity contribution in [3.05, 3.63) is 223 Å². The Hall–Kier alpha value is -7.10. The molecule has 10 aromatic rings. The van der Waals surface area contributed by atoms with Gasteiger partial charge >= 0.3 is 0 Å². The second kappa shape index (κ2) is 12.0. The maximum absolute atomic E-state index is 5.43. The SMILES string of the molecule is c1ccc(-c2nc3ccccn3c2-c2ccc(-c3nc4ccccc4c4cc5c(cc34)C(c3ccccc3)(c3ccccc3)c3ccccc3-5)cc2)cc1. The van der Waals surface area contributed by atoms with Gasteiger partial charge < -0.3 is 0 Å². The maximum atomic E-state index is 5.43. The van der Waals surface area contributed by atoms with E-state index in [2.05, 4.69) is 193 Å². The average molecular weight is 688 g/mol. The number of pyridine rings is 2. The van der Waals surface area contributed by atoms with Gasteiger partial charge in [0.25, 0.3) is 0 Å². The van der Waals surface area contributed by atoms with Crippen LogP contribution in [0.1, 0.15) is 22.3 Å². The molecule has 0 amide bonds. The standard InChI is InChI=1S/C51H33N3/c1-4-16-34(17-5-1)49-50(54-31-15-14-26-47(54)53-49)36-29-27-35(28-30-36)48-43-33-45-42(32-41(43)40-23-11-13-25-46(40)52-48)39-22-10-12-24-44(39)51(45,37-18-6-2-7-19-37)38-20-8-3-9-21-38/h1-33H. The Balaban J connectivity index is 1.17. The van der Waals surface area contributed by atoms with Crippen LogP contribution >= 0.6 is 0 Å². The Morgan fingerprint density at radius 1 is 0.389 bits per heavy atom. The molecular formula is C51H33N3. The molecular weight excluding hydrogens is 655 g/mol. The second-order valence-electron chi connectivity index (χ2n) is 14.1. The van der Waals surface area contributed by atoms with E-state index in [-0.39, 0.29) is 0 Å². The molecule has 11 rings (SSSR count). The minimum absolute atomic E-state index is 0.494. The molecule has 252 valence electrons. The minimum atomic E-state index is -0.494. The zero-order valence-electron chi connectivity index (χ0n) is 29.4. The fraction of sp³-hybridized carbons (Fsp3) is 0.0196. The van der Waals surface area contributed by atoms with Crippen LogP contribution in [0.25, 0.3) is 72.2 Å². The Morgan fingerprint density at radius 3 is 1.76 bits per heavy atom. The third-order valence-electron chi connectivity index (χ3n) is 11.3. The molecule has 0 atom stereocenters. The van der Waals surface area contributed by atoms with Crippen LogP contribution in [0.3, 0.4) is 0 Å². The van der Waals surface area contributed by atoms with Gasteiger partial charge in [-0.15, -0.1) is 0 Å².